The van der Waals surface area contributed by atoms with Crippen LogP contribution in [-0.2, 0) is 24.3 Å². The molecule has 1 aromatic heterocycles. The van der Waals surface area contributed by atoms with Gasteiger partial charge in [0.15, 0.2) is 0 Å². The largest absolute Gasteiger partial charge is 0.478 e. The summed E-state index contributed by atoms with van der Waals surface area (Å²) in [5.41, 5.74) is 7.63. The molecule has 1 aliphatic heterocycles. The lowest BCUT2D eigenvalue weighted by Crippen LogP contribution is -2.36. The Bertz CT molecular complexity index is 742. The minimum atomic E-state index is -1.01. The SMILES string of the molecule is Nc1sc2c(c1C(=O)O)CCN(C(=O)OCc1ccccc1)C2. The Labute approximate surface area is 137 Å². The standard InChI is InChI=1S/C16H16N2O4S/c17-14-13(15(19)20)11-6-7-18(8-12(11)23-14)16(21)22-9-10-4-2-1-3-5-10/h1-5H,6-9,17H2,(H,19,20). The van der Waals surface area contributed by atoms with E-state index in [0.717, 1.165) is 16.0 Å². The van der Waals surface area contributed by atoms with Crippen molar-refractivity contribution in [3.05, 3.63) is 51.9 Å². The van der Waals surface area contributed by atoms with Gasteiger partial charge in [0.2, 0.25) is 0 Å². The van der Waals surface area contributed by atoms with Crippen LogP contribution in [0.4, 0.5) is 9.80 Å². The van der Waals surface area contributed by atoms with E-state index < -0.39 is 12.1 Å². The molecule has 6 nitrogen and oxygen atoms in total. The van der Waals surface area contributed by atoms with Crippen LogP contribution in [-0.4, -0.2) is 28.6 Å². The fourth-order valence-electron chi connectivity index (χ4n) is 2.63. The van der Waals surface area contributed by atoms with Crippen molar-refractivity contribution in [3.8, 4) is 0 Å². The van der Waals surface area contributed by atoms with Crippen LogP contribution < -0.4 is 5.73 Å². The normalized spacial score (nSPS) is 13.5. The van der Waals surface area contributed by atoms with Gasteiger partial charge in [-0.3, -0.25) is 0 Å². The van der Waals surface area contributed by atoms with Crippen molar-refractivity contribution in [1.82, 2.24) is 4.90 Å². The fraction of sp³-hybridized carbons (Fsp3) is 0.250. The van der Waals surface area contributed by atoms with Gasteiger partial charge in [-0.15, -0.1) is 11.3 Å². The zero-order chi connectivity index (χ0) is 16.4. The highest BCUT2D eigenvalue weighted by atomic mass is 32.1. The highest BCUT2D eigenvalue weighted by Crippen LogP contribution is 2.35. The van der Waals surface area contributed by atoms with Crippen molar-refractivity contribution in [2.75, 3.05) is 12.3 Å². The van der Waals surface area contributed by atoms with E-state index in [-0.39, 0.29) is 12.2 Å². The van der Waals surface area contributed by atoms with Crippen molar-refractivity contribution >= 4 is 28.4 Å². The van der Waals surface area contributed by atoms with Crippen LogP contribution in [0.15, 0.2) is 30.3 Å². The maximum absolute atomic E-state index is 12.2. The zero-order valence-electron chi connectivity index (χ0n) is 12.3. The summed E-state index contributed by atoms with van der Waals surface area (Å²) in [5, 5.41) is 9.51. The fourth-order valence-corrected chi connectivity index (χ4v) is 3.75. The second-order valence-electron chi connectivity index (χ2n) is 5.26. The quantitative estimate of drug-likeness (QED) is 0.901. The van der Waals surface area contributed by atoms with Gasteiger partial charge in [0, 0.05) is 11.4 Å². The van der Waals surface area contributed by atoms with Gasteiger partial charge in [-0.2, -0.15) is 0 Å². The molecule has 0 atom stereocenters. The molecule has 2 heterocycles. The number of ether oxygens (including phenoxy) is 1. The number of carboxylic acid groups (broad SMARTS) is 1. The van der Waals surface area contributed by atoms with Gasteiger partial charge in [-0.1, -0.05) is 30.3 Å². The minimum Gasteiger partial charge on any atom is -0.478 e. The van der Waals surface area contributed by atoms with Gasteiger partial charge >= 0.3 is 12.1 Å². The van der Waals surface area contributed by atoms with E-state index in [4.69, 9.17) is 10.5 Å². The lowest BCUT2D eigenvalue weighted by atomic mass is 10.0. The second-order valence-corrected chi connectivity index (χ2v) is 6.40. The molecule has 0 aliphatic carbocycles. The number of fused-ring (bicyclic) bond motifs is 1. The summed E-state index contributed by atoms with van der Waals surface area (Å²) in [5.74, 6) is -1.01. The number of amides is 1. The third-order valence-electron chi connectivity index (χ3n) is 3.76. The van der Waals surface area contributed by atoms with Crippen molar-refractivity contribution in [3.63, 3.8) is 0 Å². The summed E-state index contributed by atoms with van der Waals surface area (Å²) in [7, 11) is 0. The van der Waals surface area contributed by atoms with Crippen molar-refractivity contribution in [2.24, 2.45) is 0 Å². The first-order valence-electron chi connectivity index (χ1n) is 7.15. The lowest BCUT2D eigenvalue weighted by molar-refractivity contribution is 0.0696. The summed E-state index contributed by atoms with van der Waals surface area (Å²) in [6.07, 6.45) is 0.0776. The second kappa shape index (κ2) is 6.29. The van der Waals surface area contributed by atoms with Gasteiger partial charge in [-0.05, 0) is 17.5 Å². The summed E-state index contributed by atoms with van der Waals surface area (Å²) >= 11 is 1.23. The van der Waals surface area contributed by atoms with Gasteiger partial charge in [0.1, 0.15) is 11.6 Å². The highest BCUT2D eigenvalue weighted by molar-refractivity contribution is 7.16. The molecular formula is C16H16N2O4S. The molecule has 1 amide bonds. The van der Waals surface area contributed by atoms with E-state index in [9.17, 15) is 14.7 Å². The lowest BCUT2D eigenvalue weighted by Gasteiger charge is -2.26. The third kappa shape index (κ3) is 3.14. The van der Waals surface area contributed by atoms with E-state index in [1.54, 1.807) is 4.90 Å². The summed E-state index contributed by atoms with van der Waals surface area (Å²) in [6.45, 7) is 0.984. The number of carboxylic acids is 1. The molecule has 0 bridgehead atoms. The molecule has 23 heavy (non-hydrogen) atoms. The summed E-state index contributed by atoms with van der Waals surface area (Å²) < 4.78 is 5.31. The zero-order valence-corrected chi connectivity index (χ0v) is 13.1. The summed E-state index contributed by atoms with van der Waals surface area (Å²) in [4.78, 5) is 25.8. The van der Waals surface area contributed by atoms with Crippen LogP contribution in [0, 0.1) is 0 Å². The van der Waals surface area contributed by atoms with Crippen molar-refractivity contribution in [2.45, 2.75) is 19.6 Å². The maximum Gasteiger partial charge on any atom is 0.410 e. The van der Waals surface area contributed by atoms with Crippen LogP contribution >= 0.6 is 11.3 Å². The minimum absolute atomic E-state index is 0.183. The van der Waals surface area contributed by atoms with Crippen LogP contribution in [0.2, 0.25) is 0 Å². The molecule has 2 aromatic rings. The molecule has 1 aromatic carbocycles. The Kier molecular flexibility index (Phi) is 4.20. The Morgan fingerprint density at radius 3 is 2.74 bits per heavy atom. The number of thiophene rings is 1. The molecular weight excluding hydrogens is 316 g/mol. The van der Waals surface area contributed by atoms with Crippen LogP contribution in [0.5, 0.6) is 0 Å². The topological polar surface area (TPSA) is 92.9 Å². The number of carbonyl (C=O) groups is 2. The molecule has 0 saturated heterocycles. The Balaban J connectivity index is 1.66. The Morgan fingerprint density at radius 2 is 2.04 bits per heavy atom. The predicted molar refractivity (Wildman–Crippen MR) is 86.4 cm³/mol. The number of nitrogens with two attached hydrogens (primary N) is 1. The average molecular weight is 332 g/mol. The van der Waals surface area contributed by atoms with Gasteiger partial charge in [0.05, 0.1) is 12.1 Å². The Morgan fingerprint density at radius 1 is 1.30 bits per heavy atom. The average Bonchev–Trinajstić information content (AvgIpc) is 2.88. The number of nitrogen functional groups attached to an aromatic ring is 1. The van der Waals surface area contributed by atoms with E-state index >= 15 is 0 Å². The van der Waals surface area contributed by atoms with E-state index in [0.29, 0.717) is 24.5 Å². The molecule has 0 fully saturated rings. The number of aromatic carboxylic acids is 1. The van der Waals surface area contributed by atoms with Crippen LogP contribution in [0.1, 0.15) is 26.4 Å². The van der Waals surface area contributed by atoms with E-state index in [2.05, 4.69) is 0 Å². The third-order valence-corrected chi connectivity index (χ3v) is 4.81. The number of carbonyl (C=O) groups excluding carboxylic acids is 1. The van der Waals surface area contributed by atoms with Gasteiger partial charge in [-0.25, -0.2) is 9.59 Å². The molecule has 0 unspecified atom stereocenters. The van der Waals surface area contributed by atoms with Gasteiger partial charge < -0.3 is 20.5 Å². The monoisotopic (exact) mass is 332 g/mol. The summed E-state index contributed by atoms with van der Waals surface area (Å²) in [6, 6.07) is 9.45. The molecule has 0 saturated carbocycles. The molecule has 7 heteroatoms. The molecule has 1 aliphatic rings. The molecule has 0 spiro atoms. The number of nitrogens with zero attached hydrogens (tertiary/aromatic N) is 1. The predicted octanol–water partition coefficient (Wildman–Crippen LogP) is 2.72. The molecule has 3 rings (SSSR count). The van der Waals surface area contributed by atoms with Crippen molar-refractivity contribution in [1.29, 1.82) is 0 Å². The van der Waals surface area contributed by atoms with Crippen LogP contribution in [0.3, 0.4) is 0 Å². The van der Waals surface area contributed by atoms with Crippen molar-refractivity contribution < 1.29 is 19.4 Å². The van der Waals surface area contributed by atoms with Crippen LogP contribution in [0.25, 0.3) is 0 Å². The first-order chi connectivity index (χ1) is 11.1. The molecule has 3 N–H and O–H groups in total. The Hall–Kier alpha value is -2.54. The molecule has 0 radical (unpaired) electrons. The highest BCUT2D eigenvalue weighted by Gasteiger charge is 2.29. The number of rotatable bonds is 3. The number of hydrogen-bond acceptors (Lipinski definition) is 5. The van der Waals surface area contributed by atoms with E-state index in [1.165, 1.54) is 11.3 Å². The smallest absolute Gasteiger partial charge is 0.410 e. The number of hydrogen-bond donors (Lipinski definition) is 2. The number of benzene rings is 1. The molecule has 120 valence electrons. The first kappa shape index (κ1) is 15.4. The number of anilines is 1. The first-order valence-corrected chi connectivity index (χ1v) is 7.97. The van der Waals surface area contributed by atoms with Gasteiger partial charge in [0.25, 0.3) is 0 Å². The van der Waals surface area contributed by atoms with E-state index in [1.807, 2.05) is 30.3 Å². The maximum atomic E-state index is 12.2.